The van der Waals surface area contributed by atoms with E-state index in [4.69, 9.17) is 0 Å². The van der Waals surface area contributed by atoms with Gasteiger partial charge in [-0.05, 0) is 0 Å². The fourth-order valence-electron chi connectivity index (χ4n) is 2.78. The molecule has 90 valence electrons. The summed E-state index contributed by atoms with van der Waals surface area (Å²) < 4.78 is 4.78. The Morgan fingerprint density at radius 2 is 0.947 bits per heavy atom. The van der Waals surface area contributed by atoms with Crippen LogP contribution in [0.4, 0.5) is 0 Å². The number of hydrogen-bond acceptors (Lipinski definition) is 0. The van der Waals surface area contributed by atoms with Crippen molar-refractivity contribution in [2.45, 2.75) is 0 Å². The van der Waals surface area contributed by atoms with Gasteiger partial charge in [0.2, 0.25) is 0 Å². The summed E-state index contributed by atoms with van der Waals surface area (Å²) in [4.78, 5) is 0. The Bertz CT molecular complexity index is 686. The van der Waals surface area contributed by atoms with E-state index in [0.29, 0.717) is 0 Å². The quantitative estimate of drug-likeness (QED) is 0.462. The summed E-state index contributed by atoms with van der Waals surface area (Å²) in [6, 6.07) is 29.0. The van der Waals surface area contributed by atoms with Crippen molar-refractivity contribution in [3.8, 4) is 11.1 Å². The van der Waals surface area contributed by atoms with E-state index in [1.54, 1.807) is 10.5 Å². The average Bonchev–Trinajstić information content (AvgIpc) is 2.83. The third kappa shape index (κ3) is 1.75. The minimum atomic E-state index is -1.75. The van der Waals surface area contributed by atoms with Crippen LogP contribution in [0.2, 0.25) is 0 Å². The van der Waals surface area contributed by atoms with Crippen LogP contribution >= 0.6 is 0 Å². The Balaban J connectivity index is 2.02. The monoisotopic (exact) mass is 350 g/mol. The van der Waals surface area contributed by atoms with Crippen molar-refractivity contribution >= 4 is 30.7 Å². The zero-order chi connectivity index (χ0) is 12.7. The molecule has 0 nitrogen and oxygen atoms in total. The molecule has 0 atom stereocenters. The van der Waals surface area contributed by atoms with E-state index in [2.05, 4.69) is 78.9 Å². The Kier molecular flexibility index (Phi) is 2.71. The molecule has 0 aliphatic carbocycles. The Morgan fingerprint density at radius 1 is 0.474 bits per heavy atom. The molecule has 1 aliphatic rings. The van der Waals surface area contributed by atoms with E-state index in [0.717, 1.165) is 0 Å². The van der Waals surface area contributed by atoms with Crippen molar-refractivity contribution in [2.24, 2.45) is 0 Å². The van der Waals surface area contributed by atoms with Gasteiger partial charge >= 0.3 is 121 Å². The summed E-state index contributed by atoms with van der Waals surface area (Å²) in [5.41, 5.74) is 2.93. The summed E-state index contributed by atoms with van der Waals surface area (Å²) in [5, 5.41) is 0. The van der Waals surface area contributed by atoms with Crippen molar-refractivity contribution in [2.75, 3.05) is 0 Å². The summed E-state index contributed by atoms with van der Waals surface area (Å²) in [5.74, 6) is 0. The molecule has 0 saturated carbocycles. The average molecular weight is 351 g/mol. The molecule has 1 heteroatoms. The van der Waals surface area contributed by atoms with Crippen LogP contribution in [-0.4, -0.2) is 20.2 Å². The number of benzene rings is 3. The fraction of sp³-hybridized carbons (Fsp3) is 0. The third-order valence-corrected chi connectivity index (χ3v) is 10.9. The van der Waals surface area contributed by atoms with E-state index >= 15 is 0 Å². The van der Waals surface area contributed by atoms with Crippen molar-refractivity contribution < 1.29 is 0 Å². The standard InChI is InChI=1S/C12H8.C6H5.Sb/c1-3-7-11(8-4-1)12-9-5-2-6-10-12;1-2-4-6-5-3-1;/h1-7,9H;1-5H;. The van der Waals surface area contributed by atoms with E-state index in [-0.39, 0.29) is 0 Å². The van der Waals surface area contributed by atoms with Crippen molar-refractivity contribution in [3.63, 3.8) is 0 Å². The van der Waals surface area contributed by atoms with Gasteiger partial charge in [0.25, 0.3) is 0 Å². The van der Waals surface area contributed by atoms with Crippen molar-refractivity contribution in [3.05, 3.63) is 78.9 Å². The van der Waals surface area contributed by atoms with Gasteiger partial charge in [-0.1, -0.05) is 0 Å². The molecule has 0 aromatic heterocycles. The summed E-state index contributed by atoms with van der Waals surface area (Å²) in [6.07, 6.45) is 0. The van der Waals surface area contributed by atoms with Crippen LogP contribution in [0.3, 0.4) is 0 Å². The van der Waals surface area contributed by atoms with Crippen LogP contribution in [0.5, 0.6) is 0 Å². The number of hydrogen-bond donors (Lipinski definition) is 0. The van der Waals surface area contributed by atoms with Gasteiger partial charge in [0, 0.05) is 0 Å². The van der Waals surface area contributed by atoms with Crippen LogP contribution in [-0.2, 0) is 0 Å². The normalized spacial score (nSPS) is 13.1. The predicted molar refractivity (Wildman–Crippen MR) is 83.0 cm³/mol. The molecule has 3 aromatic rings. The molecule has 0 bridgehead atoms. The zero-order valence-corrected chi connectivity index (χ0v) is 13.0. The fourth-order valence-corrected chi connectivity index (χ4v) is 10.3. The van der Waals surface area contributed by atoms with Crippen LogP contribution in [0.15, 0.2) is 78.9 Å². The number of fused-ring (bicyclic) bond motifs is 3. The first-order valence-electron chi connectivity index (χ1n) is 6.49. The van der Waals surface area contributed by atoms with E-state index in [1.807, 2.05) is 0 Å². The second kappa shape index (κ2) is 4.54. The van der Waals surface area contributed by atoms with Crippen LogP contribution in [0, 0.1) is 0 Å². The third-order valence-electron chi connectivity index (χ3n) is 3.59. The van der Waals surface area contributed by atoms with Crippen LogP contribution in [0.1, 0.15) is 0 Å². The van der Waals surface area contributed by atoms with Gasteiger partial charge in [-0.25, -0.2) is 0 Å². The second-order valence-electron chi connectivity index (χ2n) is 4.71. The first-order chi connectivity index (χ1) is 9.45. The van der Waals surface area contributed by atoms with Crippen LogP contribution < -0.4 is 10.5 Å². The number of rotatable bonds is 1. The first kappa shape index (κ1) is 11.3. The molecule has 0 radical (unpaired) electrons. The zero-order valence-electron chi connectivity index (χ0n) is 10.5. The molecule has 19 heavy (non-hydrogen) atoms. The molecular formula is C18H13Sb. The van der Waals surface area contributed by atoms with Gasteiger partial charge < -0.3 is 0 Å². The molecule has 0 amide bonds. The van der Waals surface area contributed by atoms with Gasteiger partial charge in [0.05, 0.1) is 0 Å². The van der Waals surface area contributed by atoms with Crippen LogP contribution in [0.25, 0.3) is 11.1 Å². The molecule has 3 aromatic carbocycles. The van der Waals surface area contributed by atoms with Gasteiger partial charge in [0.1, 0.15) is 0 Å². The Labute approximate surface area is 120 Å². The summed E-state index contributed by atoms with van der Waals surface area (Å²) in [7, 11) is 0. The molecule has 1 heterocycles. The van der Waals surface area contributed by atoms with Crippen molar-refractivity contribution in [1.29, 1.82) is 0 Å². The second-order valence-corrected chi connectivity index (χ2v) is 10.8. The summed E-state index contributed by atoms with van der Waals surface area (Å²) >= 11 is -1.75. The Hall–Kier alpha value is -1.52. The minimum absolute atomic E-state index is 1.46. The molecule has 4 rings (SSSR count). The molecule has 0 spiro atoms. The molecule has 1 aliphatic heterocycles. The van der Waals surface area contributed by atoms with Gasteiger partial charge in [-0.15, -0.1) is 0 Å². The van der Waals surface area contributed by atoms with Crippen molar-refractivity contribution in [1.82, 2.24) is 0 Å². The topological polar surface area (TPSA) is 0 Å². The SMILES string of the molecule is c1cc[c]([Sb]2[c]3ccccc3-c3cccc[c]32)cc1. The van der Waals surface area contributed by atoms with E-state index in [1.165, 1.54) is 11.1 Å². The Morgan fingerprint density at radius 3 is 1.53 bits per heavy atom. The maximum absolute atomic E-state index is 2.34. The van der Waals surface area contributed by atoms with Gasteiger partial charge in [-0.3, -0.25) is 0 Å². The predicted octanol–water partition coefficient (Wildman–Crippen LogP) is 2.18. The summed E-state index contributed by atoms with van der Waals surface area (Å²) in [6.45, 7) is 0. The first-order valence-corrected chi connectivity index (χ1v) is 10.3. The maximum atomic E-state index is 2.34. The molecule has 0 N–H and O–H groups in total. The molecule has 0 unspecified atom stereocenters. The molecular weight excluding hydrogens is 338 g/mol. The van der Waals surface area contributed by atoms with Gasteiger partial charge in [0.15, 0.2) is 0 Å². The molecule has 0 fully saturated rings. The van der Waals surface area contributed by atoms with E-state index in [9.17, 15) is 0 Å². The van der Waals surface area contributed by atoms with Gasteiger partial charge in [-0.2, -0.15) is 0 Å². The van der Waals surface area contributed by atoms with E-state index < -0.39 is 20.2 Å². The molecule has 0 saturated heterocycles.